The standard InChI is InChI=1S/C19H38N2O10S/c1-18(2,3)30-16(22)21(17(23)31-19(4,5)6)20-8-9-26-10-11-27-12-13-28-14-15-29-32(7,24)25/h20H,8-15H2,1-7H3. The van der Waals surface area contributed by atoms with Crippen molar-refractivity contribution in [3.05, 3.63) is 0 Å². The van der Waals surface area contributed by atoms with Crippen LogP contribution in [0.5, 0.6) is 0 Å². The van der Waals surface area contributed by atoms with Crippen molar-refractivity contribution in [1.29, 1.82) is 0 Å². The number of ether oxygens (including phenoxy) is 5. The maximum absolute atomic E-state index is 12.3. The summed E-state index contributed by atoms with van der Waals surface area (Å²) in [6, 6.07) is 0. The highest BCUT2D eigenvalue weighted by molar-refractivity contribution is 7.85. The minimum Gasteiger partial charge on any atom is -0.442 e. The fraction of sp³-hybridized carbons (Fsp3) is 0.895. The van der Waals surface area contributed by atoms with Crippen molar-refractivity contribution in [1.82, 2.24) is 10.4 Å². The van der Waals surface area contributed by atoms with Crippen LogP contribution in [0.2, 0.25) is 0 Å². The summed E-state index contributed by atoms with van der Waals surface area (Å²) in [6.45, 7) is 11.8. The smallest absolute Gasteiger partial charge is 0.434 e. The summed E-state index contributed by atoms with van der Waals surface area (Å²) in [4.78, 5) is 24.6. The Morgan fingerprint density at radius 3 is 1.47 bits per heavy atom. The van der Waals surface area contributed by atoms with E-state index in [0.717, 1.165) is 6.26 Å². The van der Waals surface area contributed by atoms with Gasteiger partial charge in [0.25, 0.3) is 10.1 Å². The van der Waals surface area contributed by atoms with Crippen molar-refractivity contribution in [2.24, 2.45) is 0 Å². The molecule has 0 bridgehead atoms. The molecule has 0 aromatic carbocycles. The van der Waals surface area contributed by atoms with E-state index in [1.54, 1.807) is 41.5 Å². The van der Waals surface area contributed by atoms with Crippen LogP contribution in [0.1, 0.15) is 41.5 Å². The van der Waals surface area contributed by atoms with Gasteiger partial charge in [0.05, 0.1) is 52.5 Å². The molecule has 0 aromatic heterocycles. The molecule has 190 valence electrons. The molecular weight excluding hydrogens is 448 g/mol. The van der Waals surface area contributed by atoms with Crippen LogP contribution in [0.25, 0.3) is 0 Å². The number of nitrogens with one attached hydrogen (secondary N) is 1. The average Bonchev–Trinajstić information content (AvgIpc) is 2.57. The van der Waals surface area contributed by atoms with Crippen molar-refractivity contribution in [3.8, 4) is 0 Å². The summed E-state index contributed by atoms with van der Waals surface area (Å²) in [7, 11) is -3.46. The Morgan fingerprint density at radius 2 is 1.09 bits per heavy atom. The lowest BCUT2D eigenvalue weighted by Gasteiger charge is -2.28. The Hall–Kier alpha value is -1.51. The molecule has 0 rings (SSSR count). The summed E-state index contributed by atoms with van der Waals surface area (Å²) in [5.41, 5.74) is 1.09. The minimum absolute atomic E-state index is 0.0431. The lowest BCUT2D eigenvalue weighted by atomic mass is 10.2. The van der Waals surface area contributed by atoms with Crippen LogP contribution in [-0.2, 0) is 38.0 Å². The molecule has 12 nitrogen and oxygen atoms in total. The zero-order chi connectivity index (χ0) is 24.8. The first-order valence-electron chi connectivity index (χ1n) is 10.2. The second-order valence-electron chi connectivity index (χ2n) is 8.57. The van der Waals surface area contributed by atoms with E-state index < -0.39 is 33.5 Å². The van der Waals surface area contributed by atoms with Crippen LogP contribution < -0.4 is 5.43 Å². The lowest BCUT2D eigenvalue weighted by molar-refractivity contribution is -0.0143. The van der Waals surface area contributed by atoms with E-state index in [-0.39, 0.29) is 39.6 Å². The highest BCUT2D eigenvalue weighted by atomic mass is 32.2. The van der Waals surface area contributed by atoms with Gasteiger partial charge >= 0.3 is 12.2 Å². The summed E-state index contributed by atoms with van der Waals surface area (Å²) in [5.74, 6) is 0. The van der Waals surface area contributed by atoms with Crippen LogP contribution in [0.15, 0.2) is 0 Å². The summed E-state index contributed by atoms with van der Waals surface area (Å²) >= 11 is 0. The zero-order valence-electron chi connectivity index (χ0n) is 20.1. The monoisotopic (exact) mass is 486 g/mol. The van der Waals surface area contributed by atoms with E-state index in [4.69, 9.17) is 23.7 Å². The quantitative estimate of drug-likeness (QED) is 0.218. The average molecular weight is 487 g/mol. The van der Waals surface area contributed by atoms with Gasteiger partial charge in [0.2, 0.25) is 0 Å². The van der Waals surface area contributed by atoms with E-state index in [1.165, 1.54) is 0 Å². The fourth-order valence-corrected chi connectivity index (χ4v) is 2.21. The molecule has 0 saturated carbocycles. The highest BCUT2D eigenvalue weighted by Gasteiger charge is 2.31. The summed E-state index contributed by atoms with van der Waals surface area (Å²) in [6.07, 6.45) is -0.785. The van der Waals surface area contributed by atoms with Gasteiger partial charge in [0, 0.05) is 6.54 Å². The Kier molecular flexibility index (Phi) is 13.9. The molecule has 0 aromatic rings. The van der Waals surface area contributed by atoms with Crippen molar-refractivity contribution in [3.63, 3.8) is 0 Å². The first kappa shape index (κ1) is 30.5. The van der Waals surface area contributed by atoms with Crippen LogP contribution >= 0.6 is 0 Å². The Labute approximate surface area is 190 Å². The normalized spacial score (nSPS) is 12.5. The third kappa shape index (κ3) is 19.2. The number of imide groups is 1. The van der Waals surface area contributed by atoms with Crippen LogP contribution in [0.3, 0.4) is 0 Å². The third-order valence-corrected chi connectivity index (χ3v) is 3.53. The Bertz CT molecular complexity index is 628. The minimum atomic E-state index is -3.46. The SMILES string of the molecule is CC(C)(C)OC(=O)N(NCCOCCOCCOCCOS(C)(=O)=O)C(=O)OC(C)(C)C. The maximum Gasteiger partial charge on any atom is 0.434 e. The molecular formula is C19H38N2O10S. The molecule has 0 radical (unpaired) electrons. The molecule has 32 heavy (non-hydrogen) atoms. The third-order valence-electron chi connectivity index (χ3n) is 2.94. The molecule has 0 aliphatic carbocycles. The van der Waals surface area contributed by atoms with Gasteiger partial charge in [0.15, 0.2) is 0 Å². The van der Waals surface area contributed by atoms with Crippen molar-refractivity contribution in [2.75, 3.05) is 59.0 Å². The predicted octanol–water partition coefficient (Wildman–Crippen LogP) is 1.69. The molecule has 0 spiro atoms. The van der Waals surface area contributed by atoms with Gasteiger partial charge in [-0.3, -0.25) is 4.18 Å². The second-order valence-corrected chi connectivity index (χ2v) is 10.2. The molecule has 0 aliphatic heterocycles. The van der Waals surface area contributed by atoms with Crippen molar-refractivity contribution >= 4 is 22.3 Å². The number of rotatable bonds is 14. The van der Waals surface area contributed by atoms with Crippen molar-refractivity contribution < 1.29 is 45.9 Å². The number of hydrogen-bond acceptors (Lipinski definition) is 11. The van der Waals surface area contributed by atoms with Gasteiger partial charge in [-0.1, -0.05) is 0 Å². The summed E-state index contributed by atoms with van der Waals surface area (Å²) < 4.78 is 52.3. The van der Waals surface area contributed by atoms with Gasteiger partial charge in [-0.15, -0.1) is 5.01 Å². The van der Waals surface area contributed by atoms with Gasteiger partial charge in [-0.25, -0.2) is 15.0 Å². The number of carbonyl (C=O) groups is 2. The highest BCUT2D eigenvalue weighted by Crippen LogP contribution is 2.13. The lowest BCUT2D eigenvalue weighted by Crippen LogP contribution is -2.51. The van der Waals surface area contributed by atoms with E-state index in [2.05, 4.69) is 9.61 Å². The van der Waals surface area contributed by atoms with E-state index >= 15 is 0 Å². The molecule has 0 saturated heterocycles. The molecule has 0 fully saturated rings. The number of nitrogens with zero attached hydrogens (tertiary/aromatic N) is 1. The Balaban J connectivity index is 4.05. The largest absolute Gasteiger partial charge is 0.442 e. The Morgan fingerprint density at radius 1 is 0.719 bits per heavy atom. The van der Waals surface area contributed by atoms with Crippen LogP contribution in [0.4, 0.5) is 9.59 Å². The number of amides is 2. The molecule has 0 unspecified atom stereocenters. The van der Waals surface area contributed by atoms with E-state index in [0.29, 0.717) is 18.2 Å². The van der Waals surface area contributed by atoms with Crippen molar-refractivity contribution in [2.45, 2.75) is 52.7 Å². The maximum atomic E-state index is 12.3. The molecule has 2 amide bonds. The first-order chi connectivity index (χ1) is 14.6. The number of carbonyl (C=O) groups excluding carboxylic acids is 2. The predicted molar refractivity (Wildman–Crippen MR) is 116 cm³/mol. The van der Waals surface area contributed by atoms with Gasteiger partial charge < -0.3 is 23.7 Å². The zero-order valence-corrected chi connectivity index (χ0v) is 20.9. The van der Waals surface area contributed by atoms with Crippen LogP contribution in [-0.4, -0.2) is 95.9 Å². The molecule has 0 atom stereocenters. The molecule has 13 heteroatoms. The van der Waals surface area contributed by atoms with Crippen LogP contribution in [0, 0.1) is 0 Å². The van der Waals surface area contributed by atoms with Gasteiger partial charge in [-0.05, 0) is 41.5 Å². The molecule has 0 heterocycles. The van der Waals surface area contributed by atoms with E-state index in [9.17, 15) is 18.0 Å². The summed E-state index contributed by atoms with van der Waals surface area (Å²) in [5, 5.41) is 0.682. The fourth-order valence-electron chi connectivity index (χ4n) is 1.83. The number of hydrogen-bond donors (Lipinski definition) is 1. The topological polar surface area (TPSA) is 139 Å². The van der Waals surface area contributed by atoms with E-state index in [1.807, 2.05) is 0 Å². The second kappa shape index (κ2) is 14.6. The molecule has 0 aliphatic rings. The molecule has 1 N–H and O–H groups in total. The van der Waals surface area contributed by atoms with Gasteiger partial charge in [-0.2, -0.15) is 8.42 Å². The first-order valence-corrected chi connectivity index (χ1v) is 12.0. The number of hydrazine groups is 1. The van der Waals surface area contributed by atoms with Gasteiger partial charge in [0.1, 0.15) is 11.2 Å².